The lowest BCUT2D eigenvalue weighted by Crippen LogP contribution is -2.30. The van der Waals surface area contributed by atoms with Gasteiger partial charge in [-0.3, -0.25) is 4.79 Å². The molecule has 128 valence electrons. The molecule has 1 atom stereocenters. The number of anilines is 1. The molecule has 3 nitrogen and oxygen atoms in total. The van der Waals surface area contributed by atoms with Crippen LogP contribution in [0.25, 0.3) is 0 Å². The number of halogens is 1. The van der Waals surface area contributed by atoms with Gasteiger partial charge in [-0.25, -0.2) is 0 Å². The molecule has 0 bridgehead atoms. The van der Waals surface area contributed by atoms with Gasteiger partial charge < -0.3 is 10.2 Å². The molecule has 0 aliphatic rings. The van der Waals surface area contributed by atoms with E-state index in [2.05, 4.69) is 62.5 Å². The molecule has 1 amide bonds. The minimum atomic E-state index is -0.0744. The molecule has 0 saturated carbocycles. The molecule has 0 unspecified atom stereocenters. The van der Waals surface area contributed by atoms with Crippen LogP contribution in [0.3, 0.4) is 0 Å². The Morgan fingerprint density at radius 2 is 1.67 bits per heavy atom. The van der Waals surface area contributed by atoms with Gasteiger partial charge in [0.15, 0.2) is 0 Å². The fourth-order valence-electron chi connectivity index (χ4n) is 2.12. The fraction of sp³-hybridized carbons (Fsp3) is 0.316. The Bertz CT molecular complexity index is 656. The van der Waals surface area contributed by atoms with Crippen LogP contribution in [-0.4, -0.2) is 25.3 Å². The monoisotopic (exact) mass is 406 g/mol. The Morgan fingerprint density at radius 1 is 1.08 bits per heavy atom. The van der Waals surface area contributed by atoms with Crippen molar-refractivity contribution in [1.82, 2.24) is 5.32 Å². The number of hydrogen-bond donors (Lipinski definition) is 1. The van der Waals surface area contributed by atoms with Gasteiger partial charge in [-0.2, -0.15) is 0 Å². The summed E-state index contributed by atoms with van der Waals surface area (Å²) in [6, 6.07) is 16.4. The molecule has 0 spiro atoms. The van der Waals surface area contributed by atoms with E-state index >= 15 is 0 Å². The molecular formula is C19H23BrN2OS. The van der Waals surface area contributed by atoms with Gasteiger partial charge in [0.05, 0.1) is 5.25 Å². The lowest BCUT2D eigenvalue weighted by atomic mass is 10.2. The molecule has 0 aromatic heterocycles. The summed E-state index contributed by atoms with van der Waals surface area (Å²) in [4.78, 5) is 14.3. The standard InChI is InChI=1S/C19H23BrN2OS/c1-14(24-13-16-4-8-17(20)9-5-16)19(23)21-12-15-6-10-18(11-7-15)22(2)3/h4-11,14H,12-13H2,1-3H3,(H,21,23)/t14-/m1/s1. The molecule has 0 heterocycles. The van der Waals surface area contributed by atoms with E-state index in [9.17, 15) is 4.79 Å². The van der Waals surface area contributed by atoms with Crippen LogP contribution in [0, 0.1) is 0 Å². The van der Waals surface area contributed by atoms with Gasteiger partial charge in [0.2, 0.25) is 5.91 Å². The zero-order valence-electron chi connectivity index (χ0n) is 14.3. The molecule has 0 fully saturated rings. The van der Waals surface area contributed by atoms with Crippen LogP contribution in [-0.2, 0) is 17.1 Å². The van der Waals surface area contributed by atoms with Gasteiger partial charge >= 0.3 is 0 Å². The second-order valence-electron chi connectivity index (χ2n) is 5.86. The zero-order chi connectivity index (χ0) is 17.5. The predicted octanol–water partition coefficient (Wildman–Crippen LogP) is 4.45. The van der Waals surface area contributed by atoms with Gasteiger partial charge in [0.25, 0.3) is 0 Å². The molecule has 0 aliphatic heterocycles. The van der Waals surface area contributed by atoms with Crippen molar-refractivity contribution in [1.29, 1.82) is 0 Å². The summed E-state index contributed by atoms with van der Waals surface area (Å²) in [7, 11) is 4.03. The van der Waals surface area contributed by atoms with Gasteiger partial charge in [0.1, 0.15) is 0 Å². The summed E-state index contributed by atoms with van der Waals surface area (Å²) in [5.74, 6) is 0.910. The molecule has 0 saturated heterocycles. The smallest absolute Gasteiger partial charge is 0.233 e. The number of carbonyl (C=O) groups is 1. The van der Waals surface area contributed by atoms with Gasteiger partial charge in [-0.05, 0) is 42.3 Å². The topological polar surface area (TPSA) is 32.3 Å². The summed E-state index contributed by atoms with van der Waals surface area (Å²) < 4.78 is 1.07. The maximum Gasteiger partial charge on any atom is 0.233 e. The van der Waals surface area contributed by atoms with Crippen LogP contribution in [0.1, 0.15) is 18.1 Å². The van der Waals surface area contributed by atoms with Crippen molar-refractivity contribution in [3.63, 3.8) is 0 Å². The number of amides is 1. The number of nitrogens with one attached hydrogen (secondary N) is 1. The van der Waals surface area contributed by atoms with Crippen molar-refractivity contribution in [3.8, 4) is 0 Å². The molecule has 5 heteroatoms. The lowest BCUT2D eigenvalue weighted by Gasteiger charge is -2.14. The molecular weight excluding hydrogens is 384 g/mol. The van der Waals surface area contributed by atoms with E-state index in [1.54, 1.807) is 11.8 Å². The number of nitrogens with zero attached hydrogens (tertiary/aromatic N) is 1. The number of thioether (sulfide) groups is 1. The molecule has 0 aliphatic carbocycles. The Hall–Kier alpha value is -1.46. The molecule has 2 rings (SSSR count). The maximum absolute atomic E-state index is 12.2. The molecule has 0 radical (unpaired) electrons. The second kappa shape index (κ2) is 9.14. The third-order valence-corrected chi connectivity index (χ3v) is 5.44. The number of benzene rings is 2. The highest BCUT2D eigenvalue weighted by Crippen LogP contribution is 2.20. The average Bonchev–Trinajstić information content (AvgIpc) is 2.59. The first-order chi connectivity index (χ1) is 11.5. The van der Waals surface area contributed by atoms with Crippen molar-refractivity contribution >= 4 is 39.3 Å². The fourth-order valence-corrected chi connectivity index (χ4v) is 3.26. The highest BCUT2D eigenvalue weighted by molar-refractivity contribution is 9.10. The SMILES string of the molecule is C[C@@H](SCc1ccc(Br)cc1)C(=O)NCc1ccc(N(C)C)cc1. The van der Waals surface area contributed by atoms with Gasteiger partial charge in [-0.1, -0.05) is 40.2 Å². The van der Waals surface area contributed by atoms with Crippen molar-refractivity contribution in [2.45, 2.75) is 24.5 Å². The second-order valence-corrected chi connectivity index (χ2v) is 8.10. The minimum absolute atomic E-state index is 0.0744. The molecule has 2 aromatic carbocycles. The first-order valence-electron chi connectivity index (χ1n) is 7.85. The highest BCUT2D eigenvalue weighted by atomic mass is 79.9. The Labute approximate surface area is 157 Å². The first kappa shape index (κ1) is 18.9. The van der Waals surface area contributed by atoms with Crippen LogP contribution in [0.5, 0.6) is 0 Å². The van der Waals surface area contributed by atoms with Crippen LogP contribution < -0.4 is 10.2 Å². The largest absolute Gasteiger partial charge is 0.378 e. The van der Waals surface area contributed by atoms with E-state index in [0.717, 1.165) is 21.5 Å². The number of rotatable bonds is 7. The van der Waals surface area contributed by atoms with Crippen molar-refractivity contribution in [2.24, 2.45) is 0 Å². The van der Waals surface area contributed by atoms with Crippen LogP contribution in [0.4, 0.5) is 5.69 Å². The number of carbonyl (C=O) groups excluding carboxylic acids is 1. The molecule has 2 aromatic rings. The van der Waals surface area contributed by atoms with Crippen LogP contribution >= 0.6 is 27.7 Å². The summed E-state index contributed by atoms with van der Waals surface area (Å²) in [6.45, 7) is 2.52. The van der Waals surface area contributed by atoms with Crippen molar-refractivity contribution in [3.05, 3.63) is 64.1 Å². The number of hydrogen-bond acceptors (Lipinski definition) is 3. The van der Waals surface area contributed by atoms with E-state index < -0.39 is 0 Å². The molecule has 24 heavy (non-hydrogen) atoms. The maximum atomic E-state index is 12.2. The zero-order valence-corrected chi connectivity index (χ0v) is 16.7. The summed E-state index contributed by atoms with van der Waals surface area (Å²) >= 11 is 5.08. The summed E-state index contributed by atoms with van der Waals surface area (Å²) in [5, 5.41) is 2.94. The third kappa shape index (κ3) is 5.87. The predicted molar refractivity (Wildman–Crippen MR) is 108 cm³/mol. The Balaban J connectivity index is 1.77. The lowest BCUT2D eigenvalue weighted by molar-refractivity contribution is -0.120. The van der Waals surface area contributed by atoms with Gasteiger partial charge in [0, 0.05) is 36.6 Å². The van der Waals surface area contributed by atoms with E-state index in [-0.39, 0.29) is 11.2 Å². The molecule has 1 N–H and O–H groups in total. The Kier molecular flexibility index (Phi) is 7.18. The minimum Gasteiger partial charge on any atom is -0.378 e. The van der Waals surface area contributed by atoms with E-state index in [4.69, 9.17) is 0 Å². The van der Waals surface area contributed by atoms with Crippen molar-refractivity contribution < 1.29 is 4.79 Å². The Morgan fingerprint density at radius 3 is 2.25 bits per heavy atom. The summed E-state index contributed by atoms with van der Waals surface area (Å²) in [6.07, 6.45) is 0. The van der Waals surface area contributed by atoms with Crippen molar-refractivity contribution in [2.75, 3.05) is 19.0 Å². The third-order valence-electron chi connectivity index (χ3n) is 3.70. The highest BCUT2D eigenvalue weighted by Gasteiger charge is 2.13. The van der Waals surface area contributed by atoms with E-state index in [1.807, 2.05) is 33.2 Å². The van der Waals surface area contributed by atoms with Crippen LogP contribution in [0.15, 0.2) is 53.0 Å². The van der Waals surface area contributed by atoms with Gasteiger partial charge in [-0.15, -0.1) is 11.8 Å². The first-order valence-corrected chi connectivity index (χ1v) is 9.70. The van der Waals surface area contributed by atoms with E-state index in [0.29, 0.717) is 6.54 Å². The van der Waals surface area contributed by atoms with E-state index in [1.165, 1.54) is 5.56 Å². The normalized spacial score (nSPS) is 11.8. The summed E-state index contributed by atoms with van der Waals surface area (Å²) in [5.41, 5.74) is 3.49. The average molecular weight is 407 g/mol. The quantitative estimate of drug-likeness (QED) is 0.736. The van der Waals surface area contributed by atoms with Crippen LogP contribution in [0.2, 0.25) is 0 Å².